The van der Waals surface area contributed by atoms with Crippen molar-refractivity contribution in [3.8, 4) is 0 Å². The summed E-state index contributed by atoms with van der Waals surface area (Å²) in [6.45, 7) is 7.97. The molecule has 1 rings (SSSR count). The number of carbonyl (C=O) groups is 3. The average molecular weight is 1060 g/mol. The Bertz CT molecular complexity index is 1120. The first-order valence-corrected chi connectivity index (χ1v) is 34.6. The van der Waals surface area contributed by atoms with Gasteiger partial charge in [-0.2, -0.15) is 0 Å². The molecule has 0 aromatic carbocycles. The van der Waals surface area contributed by atoms with Crippen molar-refractivity contribution in [3.63, 3.8) is 0 Å². The summed E-state index contributed by atoms with van der Waals surface area (Å²) in [5.41, 5.74) is 0. The molecule has 0 amide bonds. The molecule has 0 N–H and O–H groups in total. The van der Waals surface area contributed by atoms with E-state index >= 15 is 0 Å². The van der Waals surface area contributed by atoms with E-state index in [0.717, 1.165) is 44.9 Å². The fourth-order valence-corrected chi connectivity index (χ4v) is 11.9. The third-order valence-corrected chi connectivity index (χ3v) is 17.0. The van der Waals surface area contributed by atoms with Crippen LogP contribution in [0.25, 0.3) is 0 Å². The summed E-state index contributed by atoms with van der Waals surface area (Å²) in [6.07, 6.45) is 72.9. The second-order valence-electron chi connectivity index (χ2n) is 24.2. The summed E-state index contributed by atoms with van der Waals surface area (Å²) in [5, 5.41) is 0. The number of hydrogen-bond donors (Lipinski definition) is 0. The van der Waals surface area contributed by atoms with E-state index in [1.165, 1.54) is 302 Å². The largest absolute Gasteiger partial charge is 0.465 e. The van der Waals surface area contributed by atoms with Crippen LogP contribution < -0.4 is 0 Å². The Morgan fingerprint density at radius 1 is 0.240 bits per heavy atom. The van der Waals surface area contributed by atoms with Crippen LogP contribution in [0.1, 0.15) is 387 Å². The van der Waals surface area contributed by atoms with E-state index in [-0.39, 0.29) is 11.9 Å². The molecule has 0 aliphatic heterocycles. The summed E-state index contributed by atoms with van der Waals surface area (Å²) in [6, 6.07) is 0. The van der Waals surface area contributed by atoms with Gasteiger partial charge in [0.05, 0.1) is 37.6 Å². The Morgan fingerprint density at radius 3 is 0.587 bits per heavy atom. The molecule has 0 radical (unpaired) electrons. The second kappa shape index (κ2) is 58.6. The molecule has 0 spiro atoms. The van der Waals surface area contributed by atoms with Gasteiger partial charge in [0.15, 0.2) is 0 Å². The lowest BCUT2D eigenvalue weighted by Crippen LogP contribution is -2.44. The summed E-state index contributed by atoms with van der Waals surface area (Å²) in [7, 11) is 0. The average Bonchev–Trinajstić information content (AvgIpc) is 3.42. The number of carbonyl (C=O) groups excluding carboxylic acids is 3. The van der Waals surface area contributed by atoms with Gasteiger partial charge in [0.25, 0.3) is 0 Å². The highest BCUT2D eigenvalue weighted by atomic mass is 16.5. The van der Waals surface area contributed by atoms with Crippen molar-refractivity contribution in [1.82, 2.24) is 0 Å². The standard InChI is InChI=1S/C69H132O6/c1-4-7-10-13-16-19-22-25-28-31-34-37-40-43-46-49-52-55-61-73-67(70)64-59-58-60-65(68(71)74-62-56-53-50-47-44-41-38-35-32-29-26-23-20-17-14-11-8-5-2)66(64)69(72)75-63-57-54-51-48-45-42-39-36-33-30-27-24-21-18-15-12-9-6-3/h64-66H,4-63H2,1-3H3. The fraction of sp³-hybridized carbons (Fsp3) is 0.957. The molecular weight excluding hydrogens is 925 g/mol. The Morgan fingerprint density at radius 2 is 0.400 bits per heavy atom. The Labute approximate surface area is 468 Å². The topological polar surface area (TPSA) is 78.9 Å². The quantitative estimate of drug-likeness (QED) is 0.0343. The maximum atomic E-state index is 13.9. The lowest BCUT2D eigenvalue weighted by atomic mass is 9.72. The Kier molecular flexibility index (Phi) is 55.8. The lowest BCUT2D eigenvalue weighted by molar-refractivity contribution is -0.172. The maximum absolute atomic E-state index is 13.9. The van der Waals surface area contributed by atoms with E-state index in [2.05, 4.69) is 20.8 Å². The van der Waals surface area contributed by atoms with Gasteiger partial charge >= 0.3 is 17.9 Å². The molecule has 1 fully saturated rings. The fourth-order valence-electron chi connectivity index (χ4n) is 11.9. The van der Waals surface area contributed by atoms with Gasteiger partial charge in [-0.15, -0.1) is 0 Å². The van der Waals surface area contributed by atoms with Crippen LogP contribution in [0.4, 0.5) is 0 Å². The molecule has 0 bridgehead atoms. The van der Waals surface area contributed by atoms with Crippen LogP contribution in [-0.4, -0.2) is 37.7 Å². The van der Waals surface area contributed by atoms with Crippen LogP contribution in [0.3, 0.4) is 0 Å². The van der Waals surface area contributed by atoms with Gasteiger partial charge in [0.1, 0.15) is 0 Å². The third kappa shape index (κ3) is 47.0. The Balaban J connectivity index is 2.38. The van der Waals surface area contributed by atoms with E-state index in [1.54, 1.807) is 0 Å². The van der Waals surface area contributed by atoms with Gasteiger partial charge in [-0.25, -0.2) is 0 Å². The minimum Gasteiger partial charge on any atom is -0.465 e. The zero-order valence-electron chi connectivity index (χ0n) is 51.1. The van der Waals surface area contributed by atoms with Gasteiger partial charge in [-0.05, 0) is 32.1 Å². The van der Waals surface area contributed by atoms with Crippen molar-refractivity contribution in [2.75, 3.05) is 19.8 Å². The minimum absolute atomic E-state index is 0.335. The van der Waals surface area contributed by atoms with Crippen LogP contribution in [0.2, 0.25) is 0 Å². The van der Waals surface area contributed by atoms with Crippen LogP contribution in [-0.2, 0) is 28.6 Å². The molecule has 1 aliphatic carbocycles. The maximum Gasteiger partial charge on any atom is 0.310 e. The van der Waals surface area contributed by atoms with Crippen molar-refractivity contribution in [2.45, 2.75) is 387 Å². The van der Waals surface area contributed by atoms with E-state index in [4.69, 9.17) is 14.2 Å². The first kappa shape index (κ1) is 71.4. The molecular formula is C69H132O6. The normalized spacial score (nSPS) is 15.6. The van der Waals surface area contributed by atoms with E-state index in [0.29, 0.717) is 39.1 Å². The van der Waals surface area contributed by atoms with Crippen molar-refractivity contribution in [3.05, 3.63) is 0 Å². The monoisotopic (exact) mass is 1060 g/mol. The predicted octanol–water partition coefficient (Wildman–Crippen LogP) is 22.8. The van der Waals surface area contributed by atoms with E-state index in [9.17, 15) is 14.4 Å². The van der Waals surface area contributed by atoms with E-state index in [1.807, 2.05) is 0 Å². The number of hydrogen-bond acceptors (Lipinski definition) is 6. The first-order valence-electron chi connectivity index (χ1n) is 34.6. The van der Waals surface area contributed by atoms with Gasteiger partial charge < -0.3 is 14.2 Å². The molecule has 6 nitrogen and oxygen atoms in total. The first-order chi connectivity index (χ1) is 37.1. The predicted molar refractivity (Wildman–Crippen MR) is 324 cm³/mol. The number of rotatable bonds is 60. The summed E-state index contributed by atoms with van der Waals surface area (Å²) in [5.74, 6) is -3.20. The van der Waals surface area contributed by atoms with Crippen molar-refractivity contribution >= 4 is 17.9 Å². The van der Waals surface area contributed by atoms with Crippen LogP contribution in [0.15, 0.2) is 0 Å². The van der Waals surface area contributed by atoms with Gasteiger partial charge in [-0.1, -0.05) is 355 Å². The zero-order valence-corrected chi connectivity index (χ0v) is 51.1. The molecule has 2 atom stereocenters. The molecule has 0 aromatic rings. The highest BCUT2D eigenvalue weighted by Crippen LogP contribution is 2.38. The Hall–Kier alpha value is -1.59. The van der Waals surface area contributed by atoms with Crippen LogP contribution in [0.5, 0.6) is 0 Å². The highest BCUT2D eigenvalue weighted by molar-refractivity contribution is 5.87. The molecule has 6 heteroatoms. The molecule has 1 saturated carbocycles. The SMILES string of the molecule is CCCCCCCCCCCCCCCCCCCCOC(=O)C1CCCC(C(=O)OCCCCCCCCCCCCCCCCCCCC)C1C(=O)OCCCCCCCCCCCCCCCCCCCC. The smallest absolute Gasteiger partial charge is 0.310 e. The number of ether oxygens (including phenoxy) is 3. The lowest BCUT2D eigenvalue weighted by Gasteiger charge is -2.34. The second-order valence-corrected chi connectivity index (χ2v) is 24.2. The molecule has 0 aromatic heterocycles. The van der Waals surface area contributed by atoms with Crippen LogP contribution in [0, 0.1) is 17.8 Å². The van der Waals surface area contributed by atoms with Crippen molar-refractivity contribution < 1.29 is 28.6 Å². The summed E-state index contributed by atoms with van der Waals surface area (Å²) >= 11 is 0. The van der Waals surface area contributed by atoms with Gasteiger partial charge in [0, 0.05) is 0 Å². The number of unbranched alkanes of at least 4 members (excludes halogenated alkanes) is 51. The molecule has 0 heterocycles. The van der Waals surface area contributed by atoms with Crippen LogP contribution >= 0.6 is 0 Å². The van der Waals surface area contributed by atoms with E-state index < -0.39 is 23.7 Å². The summed E-state index contributed by atoms with van der Waals surface area (Å²) < 4.78 is 17.6. The zero-order chi connectivity index (χ0) is 54.0. The summed E-state index contributed by atoms with van der Waals surface area (Å²) in [4.78, 5) is 41.2. The number of esters is 3. The van der Waals surface area contributed by atoms with Gasteiger partial charge in [0.2, 0.25) is 0 Å². The molecule has 1 aliphatic rings. The highest BCUT2D eigenvalue weighted by Gasteiger charge is 2.47. The molecule has 75 heavy (non-hydrogen) atoms. The third-order valence-electron chi connectivity index (χ3n) is 17.0. The molecule has 444 valence electrons. The molecule has 2 unspecified atom stereocenters. The minimum atomic E-state index is -0.824. The van der Waals surface area contributed by atoms with Crippen molar-refractivity contribution in [1.29, 1.82) is 0 Å². The van der Waals surface area contributed by atoms with Crippen molar-refractivity contribution in [2.24, 2.45) is 17.8 Å². The van der Waals surface area contributed by atoms with Gasteiger partial charge in [-0.3, -0.25) is 14.4 Å². The molecule has 0 saturated heterocycles.